The van der Waals surface area contributed by atoms with E-state index in [4.69, 9.17) is 5.11 Å². The lowest BCUT2D eigenvalue weighted by atomic mass is 10.2. The lowest BCUT2D eigenvalue weighted by Gasteiger charge is -2.02. The van der Waals surface area contributed by atoms with Crippen LogP contribution >= 0.6 is 15.9 Å². The molecule has 0 radical (unpaired) electrons. The fourth-order valence-electron chi connectivity index (χ4n) is 1.57. The van der Waals surface area contributed by atoms with Crippen molar-refractivity contribution in [3.8, 4) is 5.69 Å². The van der Waals surface area contributed by atoms with Crippen LogP contribution in [0.4, 0.5) is 8.78 Å². The van der Waals surface area contributed by atoms with Gasteiger partial charge in [-0.1, -0.05) is 0 Å². The first-order chi connectivity index (χ1) is 8.97. The molecule has 1 N–H and O–H groups in total. The maximum Gasteiger partial charge on any atom is 0.303 e. The number of carbonyl (C=O) groups is 1. The molecular formula is C12H9BrF2N2O2. The molecule has 1 heterocycles. The third-order valence-corrected chi connectivity index (χ3v) is 3.13. The summed E-state index contributed by atoms with van der Waals surface area (Å²) in [5.41, 5.74) is 0.606. The van der Waals surface area contributed by atoms with Gasteiger partial charge in [-0.3, -0.25) is 4.79 Å². The summed E-state index contributed by atoms with van der Waals surface area (Å²) in [6, 6.07) is 3.16. The van der Waals surface area contributed by atoms with Gasteiger partial charge < -0.3 is 5.11 Å². The summed E-state index contributed by atoms with van der Waals surface area (Å²) >= 11 is 3.23. The average Bonchev–Trinajstić information content (AvgIpc) is 2.67. The highest BCUT2D eigenvalue weighted by Gasteiger charge is 2.12. The highest BCUT2D eigenvalue weighted by Crippen LogP contribution is 2.21. The molecular weight excluding hydrogens is 322 g/mol. The molecule has 0 bridgehead atoms. The SMILES string of the molecule is O=C(O)CCc1nn(-c2ccc(F)cc2F)cc1Br. The van der Waals surface area contributed by atoms with Crippen LogP contribution in [-0.2, 0) is 11.2 Å². The molecule has 1 aromatic carbocycles. The van der Waals surface area contributed by atoms with E-state index in [2.05, 4.69) is 21.0 Å². The van der Waals surface area contributed by atoms with E-state index in [1.54, 1.807) is 0 Å². The molecule has 7 heteroatoms. The molecule has 0 saturated carbocycles. The van der Waals surface area contributed by atoms with E-state index in [9.17, 15) is 13.6 Å². The van der Waals surface area contributed by atoms with Gasteiger partial charge in [-0.2, -0.15) is 5.10 Å². The van der Waals surface area contributed by atoms with Crippen molar-refractivity contribution < 1.29 is 18.7 Å². The van der Waals surface area contributed by atoms with Crippen LogP contribution in [0, 0.1) is 11.6 Å². The van der Waals surface area contributed by atoms with Crippen LogP contribution in [0.25, 0.3) is 5.69 Å². The molecule has 0 unspecified atom stereocenters. The summed E-state index contributed by atoms with van der Waals surface area (Å²) in [7, 11) is 0. The van der Waals surface area contributed by atoms with Crippen molar-refractivity contribution in [1.82, 2.24) is 9.78 Å². The minimum Gasteiger partial charge on any atom is -0.481 e. The summed E-state index contributed by atoms with van der Waals surface area (Å²) < 4.78 is 28.2. The minimum absolute atomic E-state index is 0.0679. The van der Waals surface area contributed by atoms with Gasteiger partial charge in [0.25, 0.3) is 0 Å². The molecule has 0 aliphatic rings. The van der Waals surface area contributed by atoms with E-state index >= 15 is 0 Å². The van der Waals surface area contributed by atoms with Crippen LogP contribution in [0.15, 0.2) is 28.9 Å². The summed E-state index contributed by atoms with van der Waals surface area (Å²) in [5, 5.41) is 12.7. The fourth-order valence-corrected chi connectivity index (χ4v) is 2.05. The Morgan fingerprint density at radius 1 is 1.42 bits per heavy atom. The molecule has 0 spiro atoms. The summed E-state index contributed by atoms with van der Waals surface area (Å²) in [5.74, 6) is -2.34. The number of carboxylic acids is 1. The Morgan fingerprint density at radius 3 is 2.79 bits per heavy atom. The maximum absolute atomic E-state index is 13.6. The minimum atomic E-state index is -0.936. The molecule has 0 saturated heterocycles. The Bertz CT molecular complexity index is 628. The summed E-state index contributed by atoms with van der Waals surface area (Å²) in [4.78, 5) is 10.5. The first-order valence-electron chi connectivity index (χ1n) is 5.38. The molecule has 1 aromatic heterocycles. The van der Waals surface area contributed by atoms with Gasteiger partial charge in [0.05, 0.1) is 16.6 Å². The number of aliphatic carboxylic acids is 1. The number of benzene rings is 1. The normalized spacial score (nSPS) is 10.7. The van der Waals surface area contributed by atoms with E-state index in [1.165, 1.54) is 16.9 Å². The highest BCUT2D eigenvalue weighted by molar-refractivity contribution is 9.10. The zero-order valence-electron chi connectivity index (χ0n) is 9.61. The Labute approximate surface area is 115 Å². The summed E-state index contributed by atoms with van der Waals surface area (Å²) in [6.07, 6.45) is 1.67. The number of carboxylic acid groups (broad SMARTS) is 1. The van der Waals surface area contributed by atoms with Gasteiger partial charge in [-0.15, -0.1) is 0 Å². The number of hydrogen-bond acceptors (Lipinski definition) is 2. The van der Waals surface area contributed by atoms with Crippen molar-refractivity contribution in [3.05, 3.63) is 46.2 Å². The lowest BCUT2D eigenvalue weighted by molar-refractivity contribution is -0.136. The van der Waals surface area contributed by atoms with Crippen LogP contribution < -0.4 is 0 Å². The Morgan fingerprint density at radius 2 is 2.16 bits per heavy atom. The first kappa shape index (κ1) is 13.7. The molecule has 2 aromatic rings. The van der Waals surface area contributed by atoms with Gasteiger partial charge >= 0.3 is 5.97 Å². The Balaban J connectivity index is 2.31. The first-order valence-corrected chi connectivity index (χ1v) is 6.18. The van der Waals surface area contributed by atoms with E-state index in [0.29, 0.717) is 10.2 Å². The van der Waals surface area contributed by atoms with Crippen molar-refractivity contribution in [2.24, 2.45) is 0 Å². The van der Waals surface area contributed by atoms with E-state index in [0.717, 1.165) is 12.1 Å². The molecule has 100 valence electrons. The van der Waals surface area contributed by atoms with Crippen LogP contribution in [0.3, 0.4) is 0 Å². The topological polar surface area (TPSA) is 55.1 Å². The molecule has 0 atom stereocenters. The van der Waals surface area contributed by atoms with Crippen molar-refractivity contribution in [2.75, 3.05) is 0 Å². The third-order valence-electron chi connectivity index (χ3n) is 2.47. The van der Waals surface area contributed by atoms with Gasteiger partial charge in [0.15, 0.2) is 5.82 Å². The average molecular weight is 331 g/mol. The van der Waals surface area contributed by atoms with Gasteiger partial charge in [-0.25, -0.2) is 13.5 Å². The Kier molecular flexibility index (Phi) is 3.94. The quantitative estimate of drug-likeness (QED) is 0.937. The molecule has 0 aliphatic heterocycles. The predicted molar refractivity (Wildman–Crippen MR) is 67.1 cm³/mol. The number of halogens is 3. The van der Waals surface area contributed by atoms with Gasteiger partial charge in [0.1, 0.15) is 11.5 Å². The van der Waals surface area contributed by atoms with Crippen molar-refractivity contribution in [2.45, 2.75) is 12.8 Å². The second kappa shape index (κ2) is 5.48. The van der Waals surface area contributed by atoms with Crippen LogP contribution in [-0.4, -0.2) is 20.9 Å². The molecule has 4 nitrogen and oxygen atoms in total. The van der Waals surface area contributed by atoms with E-state index in [1.807, 2.05) is 0 Å². The largest absolute Gasteiger partial charge is 0.481 e. The molecule has 0 amide bonds. The number of hydrogen-bond donors (Lipinski definition) is 1. The lowest BCUT2D eigenvalue weighted by Crippen LogP contribution is -2.02. The predicted octanol–water partition coefficient (Wildman–Crippen LogP) is 2.93. The zero-order chi connectivity index (χ0) is 14.0. The van der Waals surface area contributed by atoms with Crippen molar-refractivity contribution >= 4 is 21.9 Å². The van der Waals surface area contributed by atoms with Crippen LogP contribution in [0.1, 0.15) is 12.1 Å². The molecule has 0 fully saturated rings. The van der Waals surface area contributed by atoms with Gasteiger partial charge in [0.2, 0.25) is 0 Å². The maximum atomic E-state index is 13.6. The second-order valence-corrected chi connectivity index (χ2v) is 4.71. The third kappa shape index (κ3) is 3.17. The monoisotopic (exact) mass is 330 g/mol. The second-order valence-electron chi connectivity index (χ2n) is 3.86. The van der Waals surface area contributed by atoms with Crippen molar-refractivity contribution in [1.29, 1.82) is 0 Å². The number of nitrogens with zero attached hydrogens (tertiary/aromatic N) is 2. The smallest absolute Gasteiger partial charge is 0.303 e. The van der Waals surface area contributed by atoms with Crippen LogP contribution in [0.2, 0.25) is 0 Å². The molecule has 0 aliphatic carbocycles. The van der Waals surface area contributed by atoms with E-state index < -0.39 is 17.6 Å². The Hall–Kier alpha value is -1.76. The van der Waals surface area contributed by atoms with Gasteiger partial charge in [0, 0.05) is 18.7 Å². The standard InChI is InChI=1S/C12H9BrF2N2O2/c13-8-6-17(16-10(8)2-4-12(18)19)11-3-1-7(14)5-9(11)15/h1,3,5-6H,2,4H2,(H,18,19). The molecule has 19 heavy (non-hydrogen) atoms. The highest BCUT2D eigenvalue weighted by atomic mass is 79.9. The fraction of sp³-hybridized carbons (Fsp3) is 0.167. The summed E-state index contributed by atoms with van der Waals surface area (Å²) in [6.45, 7) is 0. The van der Waals surface area contributed by atoms with Crippen LogP contribution in [0.5, 0.6) is 0 Å². The zero-order valence-corrected chi connectivity index (χ0v) is 11.2. The van der Waals surface area contributed by atoms with Crippen molar-refractivity contribution in [3.63, 3.8) is 0 Å². The molecule has 2 rings (SSSR count). The number of rotatable bonds is 4. The van der Waals surface area contributed by atoms with Gasteiger partial charge in [-0.05, 0) is 28.1 Å². The van der Waals surface area contributed by atoms with E-state index in [-0.39, 0.29) is 18.5 Å². The number of aryl methyl sites for hydroxylation is 1. The number of aromatic nitrogens is 2.